The lowest BCUT2D eigenvalue weighted by atomic mass is 10.1. The summed E-state index contributed by atoms with van der Waals surface area (Å²) < 4.78 is 7.39. The summed E-state index contributed by atoms with van der Waals surface area (Å²) in [5.74, 6) is 0.275. The monoisotopic (exact) mass is 466 g/mol. The molecule has 32 heavy (non-hydrogen) atoms. The Balaban J connectivity index is 0.00000512. The number of hydrogen-bond acceptors (Lipinski definition) is 7. The van der Waals surface area contributed by atoms with Crippen LogP contribution in [0.25, 0.3) is 0 Å². The Labute approximate surface area is 195 Å². The topological polar surface area (TPSA) is 125 Å². The zero-order valence-electron chi connectivity index (χ0n) is 19.1. The number of rotatable bonds is 14. The molecule has 2 rings (SSSR count). The minimum absolute atomic E-state index is 0. The zero-order valence-corrected chi connectivity index (χ0v) is 19.9. The van der Waals surface area contributed by atoms with E-state index in [-0.39, 0.29) is 30.7 Å². The SMILES string of the molecule is CCCCCC(=O)CCn1nnnc1[C@@H](COCc1ccccc1)NC(=O)C(C)(C)N.Cl. The Bertz CT molecular complexity index is 823. The number of unbranched alkanes of at least 4 members (excludes halogenated alkanes) is 2. The van der Waals surface area contributed by atoms with Crippen molar-refractivity contribution in [3.05, 3.63) is 41.7 Å². The second-order valence-electron chi connectivity index (χ2n) is 8.25. The molecule has 2 aromatic rings. The predicted octanol–water partition coefficient (Wildman–Crippen LogP) is 2.75. The zero-order chi connectivity index (χ0) is 22.7. The van der Waals surface area contributed by atoms with Crippen LogP contribution in [0.2, 0.25) is 0 Å². The molecule has 1 aromatic carbocycles. The second-order valence-corrected chi connectivity index (χ2v) is 8.25. The van der Waals surface area contributed by atoms with Gasteiger partial charge >= 0.3 is 0 Å². The van der Waals surface area contributed by atoms with E-state index < -0.39 is 11.6 Å². The lowest BCUT2D eigenvalue weighted by Gasteiger charge is -2.23. The molecule has 0 aliphatic carbocycles. The third kappa shape index (κ3) is 9.42. The maximum atomic E-state index is 12.5. The maximum absolute atomic E-state index is 12.5. The minimum atomic E-state index is -1.06. The van der Waals surface area contributed by atoms with Gasteiger partial charge in [-0.3, -0.25) is 9.59 Å². The molecule has 3 N–H and O–H groups in total. The number of nitrogens with two attached hydrogens (primary N) is 1. The van der Waals surface area contributed by atoms with Crippen molar-refractivity contribution in [3.8, 4) is 0 Å². The highest BCUT2D eigenvalue weighted by molar-refractivity contribution is 5.85. The number of amides is 1. The number of aryl methyl sites for hydroxylation is 1. The van der Waals surface area contributed by atoms with Gasteiger partial charge < -0.3 is 15.8 Å². The minimum Gasteiger partial charge on any atom is -0.374 e. The molecule has 178 valence electrons. The van der Waals surface area contributed by atoms with Gasteiger partial charge in [0.15, 0.2) is 5.82 Å². The molecular formula is C22H35ClN6O3. The van der Waals surface area contributed by atoms with Gasteiger partial charge in [0.05, 0.1) is 25.3 Å². The molecule has 0 bridgehead atoms. The molecule has 0 spiro atoms. The van der Waals surface area contributed by atoms with Crippen LogP contribution >= 0.6 is 12.4 Å². The number of hydrogen-bond donors (Lipinski definition) is 2. The molecule has 1 amide bonds. The second kappa shape index (κ2) is 13.9. The number of carbonyl (C=O) groups excluding carboxylic acids is 2. The predicted molar refractivity (Wildman–Crippen MR) is 124 cm³/mol. The lowest BCUT2D eigenvalue weighted by molar-refractivity contribution is -0.126. The molecule has 9 nitrogen and oxygen atoms in total. The Kier molecular flexibility index (Phi) is 12.0. The van der Waals surface area contributed by atoms with E-state index >= 15 is 0 Å². The van der Waals surface area contributed by atoms with Crippen LogP contribution in [0.15, 0.2) is 30.3 Å². The fraction of sp³-hybridized carbons (Fsp3) is 0.591. The third-order valence-corrected chi connectivity index (χ3v) is 4.82. The van der Waals surface area contributed by atoms with Gasteiger partial charge in [0.1, 0.15) is 11.8 Å². The van der Waals surface area contributed by atoms with E-state index in [9.17, 15) is 9.59 Å². The van der Waals surface area contributed by atoms with Crippen molar-refractivity contribution in [2.75, 3.05) is 6.61 Å². The summed E-state index contributed by atoms with van der Waals surface area (Å²) in [7, 11) is 0. The van der Waals surface area contributed by atoms with Crippen LogP contribution in [0, 0.1) is 0 Å². The lowest BCUT2D eigenvalue weighted by Crippen LogP contribution is -2.51. The summed E-state index contributed by atoms with van der Waals surface area (Å²) >= 11 is 0. The number of aromatic nitrogens is 4. The number of tetrazole rings is 1. The number of nitrogens with zero attached hydrogens (tertiary/aromatic N) is 4. The molecule has 0 radical (unpaired) electrons. The summed E-state index contributed by atoms with van der Waals surface area (Å²) in [6, 6.07) is 9.15. The van der Waals surface area contributed by atoms with E-state index in [1.807, 2.05) is 30.3 Å². The van der Waals surface area contributed by atoms with E-state index in [0.29, 0.717) is 31.8 Å². The van der Waals surface area contributed by atoms with Crippen LogP contribution < -0.4 is 11.1 Å². The Morgan fingerprint density at radius 2 is 1.91 bits per heavy atom. The first kappa shape index (κ1) is 27.7. The van der Waals surface area contributed by atoms with Crippen LogP contribution in [-0.4, -0.2) is 44.0 Å². The van der Waals surface area contributed by atoms with Crippen molar-refractivity contribution in [1.82, 2.24) is 25.5 Å². The first-order valence-corrected chi connectivity index (χ1v) is 10.8. The highest BCUT2D eigenvalue weighted by atomic mass is 35.5. The number of ether oxygens (including phenoxy) is 1. The van der Waals surface area contributed by atoms with Gasteiger partial charge in [-0.05, 0) is 36.3 Å². The van der Waals surface area contributed by atoms with Crippen LogP contribution in [0.1, 0.15) is 70.3 Å². The Hall–Kier alpha value is -2.36. The fourth-order valence-electron chi connectivity index (χ4n) is 2.94. The van der Waals surface area contributed by atoms with Crippen LogP contribution in [-0.2, 0) is 27.5 Å². The molecule has 10 heteroatoms. The van der Waals surface area contributed by atoms with Gasteiger partial charge in [0.25, 0.3) is 0 Å². The summed E-state index contributed by atoms with van der Waals surface area (Å²) in [6.07, 6.45) is 3.92. The average molecular weight is 467 g/mol. The van der Waals surface area contributed by atoms with Gasteiger partial charge in [-0.15, -0.1) is 17.5 Å². The van der Waals surface area contributed by atoms with E-state index in [1.165, 1.54) is 0 Å². The highest BCUT2D eigenvalue weighted by Gasteiger charge is 2.28. The Morgan fingerprint density at radius 1 is 1.19 bits per heavy atom. The normalized spacial score (nSPS) is 12.1. The van der Waals surface area contributed by atoms with Gasteiger partial charge in [0.2, 0.25) is 5.91 Å². The standard InChI is InChI=1S/C22H34N6O3.ClH/c1-4-5-7-12-18(29)13-14-28-20(25-26-27-28)19(24-21(30)22(2,3)23)16-31-15-17-10-8-6-9-11-17;/h6,8-11,19H,4-5,7,12-16,23H2,1-3H3,(H,24,30);1H/t19-;/m1./s1. The quantitative estimate of drug-likeness (QED) is 0.410. The molecule has 0 unspecified atom stereocenters. The van der Waals surface area contributed by atoms with Crippen LogP contribution in [0.3, 0.4) is 0 Å². The van der Waals surface area contributed by atoms with E-state index in [4.69, 9.17) is 10.5 Å². The molecule has 1 aromatic heterocycles. The van der Waals surface area contributed by atoms with Gasteiger partial charge in [-0.1, -0.05) is 50.1 Å². The molecule has 0 saturated heterocycles. The summed E-state index contributed by atoms with van der Waals surface area (Å²) in [6.45, 7) is 6.27. The van der Waals surface area contributed by atoms with Crippen molar-refractivity contribution in [2.45, 2.75) is 77.6 Å². The van der Waals surface area contributed by atoms with Gasteiger partial charge in [0, 0.05) is 12.8 Å². The number of ketones is 1. The van der Waals surface area contributed by atoms with E-state index in [1.54, 1.807) is 18.5 Å². The van der Waals surface area contributed by atoms with Crippen molar-refractivity contribution in [2.24, 2.45) is 5.73 Å². The van der Waals surface area contributed by atoms with Crippen molar-refractivity contribution in [1.29, 1.82) is 0 Å². The smallest absolute Gasteiger partial charge is 0.240 e. The molecule has 0 aliphatic heterocycles. The maximum Gasteiger partial charge on any atom is 0.240 e. The number of nitrogens with one attached hydrogen (secondary N) is 1. The van der Waals surface area contributed by atoms with E-state index in [0.717, 1.165) is 24.8 Å². The highest BCUT2D eigenvalue weighted by Crippen LogP contribution is 2.14. The molecule has 1 heterocycles. The molecule has 1 atom stereocenters. The van der Waals surface area contributed by atoms with Crippen molar-refractivity contribution < 1.29 is 14.3 Å². The molecule has 0 fully saturated rings. The summed E-state index contributed by atoms with van der Waals surface area (Å²) in [5.41, 5.74) is 5.89. The number of carbonyl (C=O) groups is 2. The van der Waals surface area contributed by atoms with Crippen LogP contribution in [0.4, 0.5) is 0 Å². The van der Waals surface area contributed by atoms with Crippen LogP contribution in [0.5, 0.6) is 0 Å². The average Bonchev–Trinajstić information content (AvgIpc) is 3.20. The summed E-state index contributed by atoms with van der Waals surface area (Å²) in [4.78, 5) is 24.6. The molecular weight excluding hydrogens is 432 g/mol. The van der Waals surface area contributed by atoms with Crippen molar-refractivity contribution >= 4 is 24.1 Å². The first-order chi connectivity index (χ1) is 14.8. The largest absolute Gasteiger partial charge is 0.374 e. The molecule has 0 saturated carbocycles. The first-order valence-electron chi connectivity index (χ1n) is 10.8. The molecule has 0 aliphatic rings. The van der Waals surface area contributed by atoms with Crippen molar-refractivity contribution in [3.63, 3.8) is 0 Å². The number of Topliss-reactive ketones (excluding diaryl/α,β-unsaturated/α-hetero) is 1. The van der Waals surface area contributed by atoms with E-state index in [2.05, 4.69) is 27.8 Å². The van der Waals surface area contributed by atoms with Gasteiger partial charge in [-0.2, -0.15) is 0 Å². The Morgan fingerprint density at radius 3 is 2.56 bits per heavy atom. The number of halogens is 1. The fourth-order valence-corrected chi connectivity index (χ4v) is 2.94. The number of benzene rings is 1. The third-order valence-electron chi connectivity index (χ3n) is 4.82. The van der Waals surface area contributed by atoms with Gasteiger partial charge in [-0.25, -0.2) is 4.68 Å². The summed E-state index contributed by atoms with van der Waals surface area (Å²) in [5, 5.41) is 14.7.